The van der Waals surface area contributed by atoms with Gasteiger partial charge in [0.25, 0.3) is 10.0 Å². The molecular weight excluding hydrogens is 526 g/mol. The number of amidine groups is 2. The number of nitrogens with one attached hydrogen (secondary N) is 3. The van der Waals surface area contributed by atoms with Gasteiger partial charge in [0, 0.05) is 22.6 Å². The van der Waals surface area contributed by atoms with Gasteiger partial charge in [0.15, 0.2) is 5.75 Å². The smallest absolute Gasteiger partial charge is 0.262 e. The Morgan fingerprint density at radius 1 is 0.650 bits per heavy atom. The van der Waals surface area contributed by atoms with Crippen LogP contribution in [0.2, 0.25) is 0 Å². The summed E-state index contributed by atoms with van der Waals surface area (Å²) < 4.78 is 41.8. The average Bonchev–Trinajstić information content (AvgIpc) is 2.94. The molecule has 0 unspecified atom stereocenters. The van der Waals surface area contributed by atoms with Crippen molar-refractivity contribution >= 4 is 38.2 Å². The quantitative estimate of drug-likeness (QED) is 0.115. The van der Waals surface area contributed by atoms with Crippen molar-refractivity contribution in [2.45, 2.75) is 4.90 Å². The maximum absolute atomic E-state index is 13.5. The first kappa shape index (κ1) is 26.3. The first-order chi connectivity index (χ1) is 19.2. The van der Waals surface area contributed by atoms with Crippen LogP contribution in [-0.2, 0) is 10.0 Å². The Kier molecular flexibility index (Phi) is 7.09. The summed E-state index contributed by atoms with van der Waals surface area (Å²) in [4.78, 5) is 0.133. The monoisotopic (exact) mass is 551 g/mol. The zero-order chi connectivity index (χ0) is 28.3. The largest absolute Gasteiger partial charge is 0.457 e. The molecule has 0 atom stereocenters. The third-order valence-corrected chi connectivity index (χ3v) is 7.45. The number of hydrogen-bond acceptors (Lipinski definition) is 6. The molecule has 200 valence electrons. The fraction of sp³-hybridized carbons (Fsp3) is 0. The van der Waals surface area contributed by atoms with E-state index in [0.717, 1.165) is 5.39 Å². The number of fused-ring (bicyclic) bond motifs is 1. The zero-order valence-corrected chi connectivity index (χ0v) is 21.9. The Balaban J connectivity index is 1.50. The van der Waals surface area contributed by atoms with Crippen molar-refractivity contribution in [3.05, 3.63) is 120 Å². The lowest BCUT2D eigenvalue weighted by Gasteiger charge is -2.16. The number of anilines is 1. The summed E-state index contributed by atoms with van der Waals surface area (Å²) in [5, 5.41) is 16.5. The normalized spacial score (nSPS) is 11.1. The van der Waals surface area contributed by atoms with Crippen molar-refractivity contribution in [1.29, 1.82) is 10.8 Å². The second-order valence-corrected chi connectivity index (χ2v) is 10.5. The lowest BCUT2D eigenvalue weighted by Crippen LogP contribution is -2.14. The first-order valence-corrected chi connectivity index (χ1v) is 13.6. The van der Waals surface area contributed by atoms with Crippen molar-refractivity contribution in [2.24, 2.45) is 11.5 Å². The zero-order valence-electron chi connectivity index (χ0n) is 21.1. The Labute approximate surface area is 231 Å². The molecule has 0 saturated carbocycles. The van der Waals surface area contributed by atoms with Gasteiger partial charge in [-0.25, -0.2) is 8.42 Å². The molecule has 0 heterocycles. The molecule has 5 aromatic carbocycles. The minimum absolute atomic E-state index is 0.0548. The highest BCUT2D eigenvalue weighted by Crippen LogP contribution is 2.37. The second-order valence-electron chi connectivity index (χ2n) is 8.82. The fourth-order valence-corrected chi connectivity index (χ4v) is 5.33. The lowest BCUT2D eigenvalue weighted by molar-refractivity contribution is 0.461. The molecule has 0 saturated heterocycles. The van der Waals surface area contributed by atoms with Gasteiger partial charge in [0.2, 0.25) is 0 Å². The summed E-state index contributed by atoms with van der Waals surface area (Å²) in [5.41, 5.74) is 12.4. The highest BCUT2D eigenvalue weighted by atomic mass is 32.2. The summed E-state index contributed by atoms with van der Waals surface area (Å²) in [6.07, 6.45) is 0. The molecule has 5 rings (SSSR count). The molecule has 9 nitrogen and oxygen atoms in total. The number of ether oxygens (including phenoxy) is 2. The summed E-state index contributed by atoms with van der Waals surface area (Å²) in [7, 11) is -4.00. The van der Waals surface area contributed by atoms with Crippen LogP contribution in [0.1, 0.15) is 11.1 Å². The molecule has 0 aliphatic carbocycles. The predicted molar refractivity (Wildman–Crippen MR) is 156 cm³/mol. The second kappa shape index (κ2) is 10.8. The Hall–Kier alpha value is -5.35. The van der Waals surface area contributed by atoms with Crippen LogP contribution in [0.4, 0.5) is 5.69 Å². The van der Waals surface area contributed by atoms with E-state index in [4.69, 9.17) is 31.8 Å². The van der Waals surface area contributed by atoms with E-state index in [1.807, 2.05) is 18.2 Å². The molecule has 0 aromatic heterocycles. The van der Waals surface area contributed by atoms with Gasteiger partial charge in [-0.3, -0.25) is 15.5 Å². The van der Waals surface area contributed by atoms with Crippen LogP contribution in [-0.4, -0.2) is 20.1 Å². The van der Waals surface area contributed by atoms with Crippen LogP contribution >= 0.6 is 0 Å². The number of sulfonamides is 1. The molecule has 7 N–H and O–H groups in total. The first-order valence-electron chi connectivity index (χ1n) is 12.1. The van der Waals surface area contributed by atoms with Crippen molar-refractivity contribution in [3.8, 4) is 23.0 Å². The van der Waals surface area contributed by atoms with Crippen LogP contribution in [0.5, 0.6) is 23.0 Å². The van der Waals surface area contributed by atoms with Gasteiger partial charge in [-0.05, 0) is 72.1 Å². The Morgan fingerprint density at radius 2 is 1.20 bits per heavy atom. The Bertz CT molecular complexity index is 1830. The van der Waals surface area contributed by atoms with E-state index in [9.17, 15) is 8.42 Å². The third kappa shape index (κ3) is 5.71. The molecule has 0 fully saturated rings. The number of hydrogen-bond donors (Lipinski definition) is 5. The van der Waals surface area contributed by atoms with Crippen LogP contribution in [0.25, 0.3) is 10.8 Å². The van der Waals surface area contributed by atoms with Gasteiger partial charge in [-0.1, -0.05) is 36.4 Å². The van der Waals surface area contributed by atoms with E-state index >= 15 is 0 Å². The highest BCUT2D eigenvalue weighted by Gasteiger charge is 2.20. The topological polar surface area (TPSA) is 164 Å². The van der Waals surface area contributed by atoms with Gasteiger partial charge >= 0.3 is 0 Å². The molecule has 0 radical (unpaired) electrons. The SMILES string of the molecule is N=C(N)c1ccc(Oc2ccc(NS(=O)(=O)c3cccc4ccccc34)c(Oc3ccc(C(=N)N)cc3)c2)cc1. The maximum atomic E-state index is 13.5. The Morgan fingerprint density at radius 3 is 1.82 bits per heavy atom. The van der Waals surface area contributed by atoms with Crippen molar-refractivity contribution in [1.82, 2.24) is 0 Å². The minimum atomic E-state index is -4.00. The molecule has 40 heavy (non-hydrogen) atoms. The van der Waals surface area contributed by atoms with E-state index in [0.29, 0.717) is 33.8 Å². The van der Waals surface area contributed by atoms with Gasteiger partial charge in [-0.2, -0.15) is 0 Å². The number of nitrogens with two attached hydrogens (primary N) is 2. The van der Waals surface area contributed by atoms with E-state index in [-0.39, 0.29) is 28.0 Å². The molecule has 10 heteroatoms. The van der Waals surface area contributed by atoms with Crippen molar-refractivity contribution in [2.75, 3.05) is 4.72 Å². The predicted octanol–water partition coefficient (Wildman–Crippen LogP) is 5.79. The van der Waals surface area contributed by atoms with E-state index < -0.39 is 10.0 Å². The maximum Gasteiger partial charge on any atom is 0.262 e. The molecule has 0 spiro atoms. The number of benzene rings is 5. The van der Waals surface area contributed by atoms with Crippen molar-refractivity contribution in [3.63, 3.8) is 0 Å². The van der Waals surface area contributed by atoms with Crippen molar-refractivity contribution < 1.29 is 17.9 Å². The summed E-state index contributed by atoms with van der Waals surface area (Å²) in [6.45, 7) is 0. The minimum Gasteiger partial charge on any atom is -0.457 e. The van der Waals surface area contributed by atoms with Gasteiger partial charge in [0.1, 0.15) is 28.9 Å². The molecule has 0 aliphatic rings. The van der Waals surface area contributed by atoms with E-state index in [1.165, 1.54) is 0 Å². The van der Waals surface area contributed by atoms with Crippen LogP contribution < -0.4 is 25.7 Å². The van der Waals surface area contributed by atoms with Gasteiger partial charge in [-0.15, -0.1) is 0 Å². The van der Waals surface area contributed by atoms with Gasteiger partial charge in [0.05, 0.1) is 10.6 Å². The molecule has 0 bridgehead atoms. The van der Waals surface area contributed by atoms with Crippen LogP contribution in [0.3, 0.4) is 0 Å². The molecule has 0 amide bonds. The van der Waals surface area contributed by atoms with E-state index in [1.54, 1.807) is 91.0 Å². The van der Waals surface area contributed by atoms with Crippen LogP contribution in [0, 0.1) is 10.8 Å². The number of nitrogen functional groups attached to an aromatic ring is 2. The van der Waals surface area contributed by atoms with E-state index in [2.05, 4.69) is 4.72 Å². The standard InChI is InChI=1S/C30H25N5O4S/c31-29(32)20-8-12-22(13-9-20)38-24-16-17-26(27(18-24)39-23-14-10-21(11-15-23)30(33)34)35-40(36,37)28-7-3-5-19-4-1-2-6-25(19)28/h1-18,35H,(H3,31,32)(H3,33,34). The molecule has 5 aromatic rings. The van der Waals surface area contributed by atoms with Gasteiger partial charge < -0.3 is 20.9 Å². The highest BCUT2D eigenvalue weighted by molar-refractivity contribution is 7.93. The summed E-state index contributed by atoms with van der Waals surface area (Å²) in [6, 6.07) is 30.3. The summed E-state index contributed by atoms with van der Waals surface area (Å²) in [5.74, 6) is 1.34. The third-order valence-electron chi connectivity index (χ3n) is 6.03. The molecule has 0 aliphatic heterocycles. The number of rotatable bonds is 9. The summed E-state index contributed by atoms with van der Waals surface area (Å²) >= 11 is 0. The lowest BCUT2D eigenvalue weighted by atomic mass is 10.1. The molecular formula is C30H25N5O4S. The fourth-order valence-electron chi connectivity index (χ4n) is 4.03. The average molecular weight is 552 g/mol. The van der Waals surface area contributed by atoms with Crippen LogP contribution in [0.15, 0.2) is 114 Å².